The summed E-state index contributed by atoms with van der Waals surface area (Å²) in [6.07, 6.45) is 4.10. The van der Waals surface area contributed by atoms with E-state index in [1.54, 1.807) is 0 Å². The third kappa shape index (κ3) is 3.80. The van der Waals surface area contributed by atoms with E-state index in [2.05, 4.69) is 18.0 Å². The Labute approximate surface area is 173 Å². The van der Waals surface area contributed by atoms with Gasteiger partial charge in [0.05, 0.1) is 9.47 Å². The molecule has 27 heavy (non-hydrogen) atoms. The molecule has 3 aromatic rings. The van der Waals surface area contributed by atoms with Gasteiger partial charge in [0.15, 0.2) is 5.88 Å². The van der Waals surface area contributed by atoms with Crippen molar-refractivity contribution in [3.05, 3.63) is 49.2 Å². The molecule has 1 aromatic carbocycles. The number of para-hydroxylation sites is 1. The van der Waals surface area contributed by atoms with Crippen molar-refractivity contribution >= 4 is 37.2 Å². The number of rotatable bonds is 5. The molecule has 2 unspecified atom stereocenters. The van der Waals surface area contributed by atoms with E-state index < -0.39 is 0 Å². The summed E-state index contributed by atoms with van der Waals surface area (Å²) in [7, 11) is 1.99. The number of hydrogen-bond donors (Lipinski definition) is 1. The van der Waals surface area contributed by atoms with E-state index in [4.69, 9.17) is 14.2 Å². The molecule has 0 amide bonds. The molecule has 6 nitrogen and oxygen atoms in total. The summed E-state index contributed by atoms with van der Waals surface area (Å²) in [6, 6.07) is 10.9. The predicted molar refractivity (Wildman–Crippen MR) is 103 cm³/mol. The van der Waals surface area contributed by atoms with Gasteiger partial charge in [0, 0.05) is 46.1 Å². The zero-order valence-electron chi connectivity index (χ0n) is 14.6. The second-order valence-corrected chi connectivity index (χ2v) is 6.48. The van der Waals surface area contributed by atoms with E-state index in [-0.39, 0.29) is 39.2 Å². The van der Waals surface area contributed by atoms with Crippen LogP contribution in [0.5, 0.6) is 5.88 Å². The predicted octanol–water partition coefficient (Wildman–Crippen LogP) is 2.62. The first-order valence-corrected chi connectivity index (χ1v) is 8.89. The smallest absolute Gasteiger partial charge is 0.325 e. The van der Waals surface area contributed by atoms with Gasteiger partial charge in [0.25, 0.3) is 0 Å². The van der Waals surface area contributed by atoms with Crippen LogP contribution >= 0.6 is 9.47 Å². The standard InChI is InChI=1S/C19H19N3O3P.W/c1-2-8-22-9-7-14-13-5-3-4-6-15(13)21-18(17(14)22)24-12-10-16(20-11-12)19(23)25-26;/h2-6,9,12,16,20H,1,8,10-11,26H2;/q-1;/t12?,16-;/m0./s1. The molecule has 0 aliphatic carbocycles. The summed E-state index contributed by atoms with van der Waals surface area (Å²) in [6.45, 7) is 5.02. The Balaban J connectivity index is 0.00000210. The average molecular weight is 552 g/mol. The van der Waals surface area contributed by atoms with Gasteiger partial charge >= 0.3 is 5.97 Å². The number of benzene rings is 1. The maximum atomic E-state index is 11.7. The van der Waals surface area contributed by atoms with Gasteiger partial charge in [-0.1, -0.05) is 29.8 Å². The molecular formula is C19H19N3O3PW-. The van der Waals surface area contributed by atoms with E-state index in [9.17, 15) is 4.79 Å². The van der Waals surface area contributed by atoms with E-state index in [0.29, 0.717) is 25.4 Å². The quantitative estimate of drug-likeness (QED) is 0.300. The Morgan fingerprint density at radius 3 is 3.07 bits per heavy atom. The minimum Gasteiger partial charge on any atom is -0.481 e. The third-order valence-corrected chi connectivity index (χ3v) is 4.81. The largest absolute Gasteiger partial charge is 0.481 e. The number of carbonyl (C=O) groups is 1. The van der Waals surface area contributed by atoms with Crippen LogP contribution in [-0.2, 0) is 36.9 Å². The van der Waals surface area contributed by atoms with Gasteiger partial charge in [-0.25, -0.2) is 4.98 Å². The van der Waals surface area contributed by atoms with Crippen LogP contribution in [0.3, 0.4) is 0 Å². The molecule has 140 valence electrons. The molecule has 8 heteroatoms. The minimum atomic E-state index is -0.361. The van der Waals surface area contributed by atoms with Crippen molar-refractivity contribution in [1.82, 2.24) is 14.9 Å². The van der Waals surface area contributed by atoms with Crippen molar-refractivity contribution < 1.29 is 35.1 Å². The third-order valence-electron chi connectivity index (χ3n) is 4.58. The minimum absolute atomic E-state index is 0. The fourth-order valence-corrected chi connectivity index (χ4v) is 3.54. The maximum absolute atomic E-state index is 11.7. The number of ether oxygens (including phenoxy) is 1. The van der Waals surface area contributed by atoms with Gasteiger partial charge in [-0.15, -0.1) is 12.6 Å². The van der Waals surface area contributed by atoms with Crippen molar-refractivity contribution in [2.45, 2.75) is 25.1 Å². The first-order valence-electron chi connectivity index (χ1n) is 8.42. The van der Waals surface area contributed by atoms with Crippen LogP contribution in [0.15, 0.2) is 43.1 Å². The van der Waals surface area contributed by atoms with Gasteiger partial charge < -0.3 is 19.1 Å². The van der Waals surface area contributed by atoms with E-state index >= 15 is 0 Å². The maximum Gasteiger partial charge on any atom is 0.325 e. The van der Waals surface area contributed by atoms with Crippen molar-refractivity contribution in [3.63, 3.8) is 0 Å². The molecular weight excluding hydrogens is 533 g/mol. The topological polar surface area (TPSA) is 65.4 Å². The molecule has 1 N–H and O–H groups in total. The second kappa shape index (κ2) is 8.51. The number of allylic oxidation sites excluding steroid dienone is 1. The Kier molecular flexibility index (Phi) is 6.31. The van der Waals surface area contributed by atoms with E-state index in [0.717, 1.165) is 21.8 Å². The van der Waals surface area contributed by atoms with Crippen LogP contribution in [0, 0.1) is 6.07 Å². The number of pyridine rings is 1. The first kappa shape index (κ1) is 20.0. The second-order valence-electron chi connectivity index (χ2n) is 6.25. The number of hydrogen-bond acceptors (Lipinski definition) is 5. The monoisotopic (exact) mass is 552 g/mol. The number of nitrogens with one attached hydrogen (secondary N) is 1. The fraction of sp³-hybridized carbons (Fsp3) is 0.263. The summed E-state index contributed by atoms with van der Waals surface area (Å²) in [4.78, 5) is 16.4. The summed E-state index contributed by atoms with van der Waals surface area (Å²) in [5.41, 5.74) is 1.75. The molecule has 3 heterocycles. The molecule has 0 saturated carbocycles. The summed E-state index contributed by atoms with van der Waals surface area (Å²) in [5.74, 6) is 0.245. The van der Waals surface area contributed by atoms with Crippen LogP contribution in [0.1, 0.15) is 6.42 Å². The number of aromatic nitrogens is 2. The SMILES string of the molecule is C=CCn1c[c-]c2c3ccccc3nc(OC3CN[C@H](C(=O)OP)C3)c21.[W]. The molecule has 1 aliphatic heterocycles. The van der Waals surface area contributed by atoms with Crippen molar-refractivity contribution in [1.29, 1.82) is 0 Å². The van der Waals surface area contributed by atoms with Gasteiger partial charge in [-0.2, -0.15) is 11.5 Å². The summed E-state index contributed by atoms with van der Waals surface area (Å²) < 4.78 is 12.9. The molecule has 0 bridgehead atoms. The Morgan fingerprint density at radius 2 is 2.30 bits per heavy atom. The van der Waals surface area contributed by atoms with Crippen LogP contribution in [0.2, 0.25) is 0 Å². The van der Waals surface area contributed by atoms with Gasteiger partial charge in [0.1, 0.15) is 12.1 Å². The van der Waals surface area contributed by atoms with Crippen LogP contribution < -0.4 is 10.1 Å². The van der Waals surface area contributed by atoms with Crippen LogP contribution in [0.25, 0.3) is 21.8 Å². The summed E-state index contributed by atoms with van der Waals surface area (Å²) in [5, 5.41) is 5.13. The Hall–Kier alpha value is -1.74. The summed E-state index contributed by atoms with van der Waals surface area (Å²) >= 11 is 0. The normalized spacial score (nSPS) is 19.0. The van der Waals surface area contributed by atoms with E-state index in [1.807, 2.05) is 50.6 Å². The Bertz CT molecular complexity index is 991. The fourth-order valence-electron chi connectivity index (χ4n) is 3.38. The van der Waals surface area contributed by atoms with Crippen molar-refractivity contribution in [2.75, 3.05) is 6.54 Å². The molecule has 1 aliphatic rings. The molecule has 1 saturated heterocycles. The molecule has 4 rings (SSSR count). The molecule has 3 atom stereocenters. The molecule has 0 radical (unpaired) electrons. The van der Waals surface area contributed by atoms with Crippen LogP contribution in [-0.4, -0.2) is 34.2 Å². The van der Waals surface area contributed by atoms with Gasteiger partial charge in [-0.05, 0) is 11.6 Å². The molecule has 0 spiro atoms. The number of nitrogens with zero attached hydrogens (tertiary/aromatic N) is 2. The van der Waals surface area contributed by atoms with Gasteiger partial charge in [0.2, 0.25) is 0 Å². The van der Waals surface area contributed by atoms with Crippen LogP contribution in [0.4, 0.5) is 0 Å². The zero-order valence-corrected chi connectivity index (χ0v) is 18.6. The van der Waals surface area contributed by atoms with Gasteiger partial charge in [-0.3, -0.25) is 4.79 Å². The first-order chi connectivity index (χ1) is 12.7. The molecule has 2 aromatic heterocycles. The number of carbonyl (C=O) groups excluding carboxylic acids is 1. The Morgan fingerprint density at radius 1 is 1.48 bits per heavy atom. The van der Waals surface area contributed by atoms with Crippen molar-refractivity contribution in [2.24, 2.45) is 0 Å². The number of fused-ring (bicyclic) bond motifs is 3. The van der Waals surface area contributed by atoms with E-state index in [1.165, 1.54) is 0 Å². The average Bonchev–Trinajstić information content (AvgIpc) is 3.29. The molecule has 1 fully saturated rings. The zero-order chi connectivity index (χ0) is 18.1. The van der Waals surface area contributed by atoms with Crippen molar-refractivity contribution in [3.8, 4) is 5.88 Å².